The van der Waals surface area contributed by atoms with Crippen LogP contribution in [0.25, 0.3) is 22.2 Å². The summed E-state index contributed by atoms with van der Waals surface area (Å²) in [7, 11) is 0.562. The number of pyridine rings is 1. The molecule has 0 saturated carbocycles. The van der Waals surface area contributed by atoms with Gasteiger partial charge in [-0.25, -0.2) is 22.8 Å². The summed E-state index contributed by atoms with van der Waals surface area (Å²) < 4.78 is 50.4. The van der Waals surface area contributed by atoms with Crippen molar-refractivity contribution in [2.24, 2.45) is 0 Å². The lowest BCUT2D eigenvalue weighted by Crippen LogP contribution is -2.18. The van der Waals surface area contributed by atoms with E-state index in [4.69, 9.17) is 4.74 Å². The molecule has 0 unspecified atom stereocenters. The number of benzene rings is 2. The van der Waals surface area contributed by atoms with Gasteiger partial charge in [-0.1, -0.05) is 39.0 Å². The van der Waals surface area contributed by atoms with Crippen LogP contribution in [0.3, 0.4) is 0 Å². The molecule has 3 N–H and O–H groups in total. The third kappa shape index (κ3) is 5.12. The number of halogens is 1. The third-order valence-electron chi connectivity index (χ3n) is 5.88. The minimum atomic E-state index is -4.19. The van der Waals surface area contributed by atoms with Crippen LogP contribution in [0.1, 0.15) is 26.3 Å². The van der Waals surface area contributed by atoms with Crippen LogP contribution in [0.15, 0.2) is 53.6 Å². The van der Waals surface area contributed by atoms with E-state index in [0.29, 0.717) is 28.4 Å². The van der Waals surface area contributed by atoms with Gasteiger partial charge < -0.3 is 15.4 Å². The lowest BCUT2D eigenvalue weighted by atomic mass is 9.87. The van der Waals surface area contributed by atoms with Crippen molar-refractivity contribution in [2.75, 3.05) is 36.6 Å². The second kappa shape index (κ2) is 9.81. The number of nitrogens with one attached hydrogen (secondary N) is 3. The van der Waals surface area contributed by atoms with Gasteiger partial charge >= 0.3 is 0 Å². The monoisotopic (exact) mass is 524 g/mol. The Morgan fingerprint density at radius 3 is 2.38 bits per heavy atom. The SMILES string of the molecule is CNc1ncc2cc(-c3cccc(NS(=O)(=O)c4cc(C(C)(C)C)ccc4OC)c3F)c(NC)nc2n1. The van der Waals surface area contributed by atoms with E-state index in [1.165, 1.54) is 13.2 Å². The normalized spacial score (nSPS) is 11.9. The highest BCUT2D eigenvalue weighted by molar-refractivity contribution is 7.92. The summed E-state index contributed by atoms with van der Waals surface area (Å²) in [5.74, 6) is 0.201. The van der Waals surface area contributed by atoms with Crippen LogP contribution in [-0.2, 0) is 15.4 Å². The van der Waals surface area contributed by atoms with Crippen LogP contribution >= 0.6 is 0 Å². The van der Waals surface area contributed by atoms with Gasteiger partial charge in [-0.3, -0.25) is 4.72 Å². The molecule has 0 aliphatic heterocycles. The van der Waals surface area contributed by atoms with Crippen LogP contribution in [0.2, 0.25) is 0 Å². The molecule has 37 heavy (non-hydrogen) atoms. The average molecular weight is 525 g/mol. The Labute approximate surface area is 215 Å². The highest BCUT2D eigenvalue weighted by Crippen LogP contribution is 2.36. The molecule has 0 radical (unpaired) electrons. The number of aromatic nitrogens is 3. The molecule has 2 heterocycles. The van der Waals surface area contributed by atoms with E-state index in [1.54, 1.807) is 50.6 Å². The van der Waals surface area contributed by atoms with Crippen LogP contribution in [0.5, 0.6) is 5.75 Å². The molecule has 0 amide bonds. The Morgan fingerprint density at radius 1 is 0.973 bits per heavy atom. The second-order valence-corrected chi connectivity index (χ2v) is 11.0. The highest BCUT2D eigenvalue weighted by Gasteiger charge is 2.25. The first-order chi connectivity index (χ1) is 17.5. The van der Waals surface area contributed by atoms with E-state index in [1.807, 2.05) is 26.8 Å². The van der Waals surface area contributed by atoms with Gasteiger partial charge in [-0.05, 0) is 35.2 Å². The van der Waals surface area contributed by atoms with Crippen LogP contribution in [-0.4, -0.2) is 44.6 Å². The second-order valence-electron chi connectivity index (χ2n) is 9.38. The molecule has 2 aromatic carbocycles. The fraction of sp³-hybridized carbons (Fsp3) is 0.269. The highest BCUT2D eigenvalue weighted by atomic mass is 32.2. The molecule has 0 aliphatic carbocycles. The smallest absolute Gasteiger partial charge is 0.265 e. The molecule has 11 heteroatoms. The number of methoxy groups -OCH3 is 1. The summed E-state index contributed by atoms with van der Waals surface area (Å²) in [4.78, 5) is 13.0. The van der Waals surface area contributed by atoms with Gasteiger partial charge in [0, 0.05) is 36.8 Å². The first-order valence-electron chi connectivity index (χ1n) is 11.5. The van der Waals surface area contributed by atoms with E-state index < -0.39 is 15.8 Å². The maximum Gasteiger partial charge on any atom is 0.265 e. The molecule has 4 rings (SSSR count). The van der Waals surface area contributed by atoms with Crippen molar-refractivity contribution >= 4 is 38.5 Å². The molecule has 2 aromatic heterocycles. The molecular weight excluding hydrogens is 495 g/mol. The summed E-state index contributed by atoms with van der Waals surface area (Å²) in [6.45, 7) is 5.93. The number of hydrogen-bond acceptors (Lipinski definition) is 8. The van der Waals surface area contributed by atoms with E-state index >= 15 is 4.39 Å². The van der Waals surface area contributed by atoms with Gasteiger partial charge in [0.05, 0.1) is 12.8 Å². The van der Waals surface area contributed by atoms with E-state index in [9.17, 15) is 8.42 Å². The van der Waals surface area contributed by atoms with Crippen molar-refractivity contribution < 1.29 is 17.5 Å². The van der Waals surface area contributed by atoms with E-state index in [-0.39, 0.29) is 27.3 Å². The predicted octanol–water partition coefficient (Wildman–Crippen LogP) is 5.02. The number of fused-ring (bicyclic) bond motifs is 1. The Hall–Kier alpha value is -3.99. The summed E-state index contributed by atoms with van der Waals surface area (Å²) in [6, 6.07) is 11.2. The summed E-state index contributed by atoms with van der Waals surface area (Å²) >= 11 is 0. The third-order valence-corrected chi connectivity index (χ3v) is 7.27. The lowest BCUT2D eigenvalue weighted by molar-refractivity contribution is 0.402. The van der Waals surface area contributed by atoms with Crippen molar-refractivity contribution in [2.45, 2.75) is 31.1 Å². The fourth-order valence-corrected chi connectivity index (χ4v) is 5.11. The van der Waals surface area contributed by atoms with Crippen molar-refractivity contribution in [1.29, 1.82) is 0 Å². The largest absolute Gasteiger partial charge is 0.495 e. The molecule has 0 atom stereocenters. The quantitative estimate of drug-likeness (QED) is 0.308. The molecule has 0 saturated heterocycles. The van der Waals surface area contributed by atoms with Gasteiger partial charge in [-0.15, -0.1) is 0 Å². The molecule has 0 fully saturated rings. The lowest BCUT2D eigenvalue weighted by Gasteiger charge is -2.21. The first kappa shape index (κ1) is 26.1. The van der Waals surface area contributed by atoms with Gasteiger partial charge in [0.1, 0.15) is 16.5 Å². The number of anilines is 3. The summed E-state index contributed by atoms with van der Waals surface area (Å²) in [6.07, 6.45) is 1.59. The average Bonchev–Trinajstić information content (AvgIpc) is 2.87. The Bertz CT molecular complexity index is 1590. The summed E-state index contributed by atoms with van der Waals surface area (Å²) in [5, 5.41) is 6.42. The van der Waals surface area contributed by atoms with Crippen molar-refractivity contribution in [3.63, 3.8) is 0 Å². The zero-order chi connectivity index (χ0) is 27.0. The maximum absolute atomic E-state index is 15.8. The summed E-state index contributed by atoms with van der Waals surface area (Å²) in [5.41, 5.74) is 1.31. The first-order valence-corrected chi connectivity index (χ1v) is 13.0. The standard InChI is InChI=1S/C26H29FN6O3S/c1-26(2,3)16-10-11-20(36-6)21(13-16)37(34,35)33-19-9-7-8-17(22(19)27)18-12-15-14-30-25(29-5)32-23(15)31-24(18)28-4/h7-14,33H,1-6H3,(H2,28,29,30,31,32). The number of ether oxygens (including phenoxy) is 1. The Balaban J connectivity index is 1.80. The van der Waals surface area contributed by atoms with Crippen LogP contribution < -0.4 is 20.1 Å². The number of sulfonamides is 1. The zero-order valence-electron chi connectivity index (χ0n) is 21.5. The molecule has 0 aliphatic rings. The van der Waals surface area contributed by atoms with Crippen molar-refractivity contribution in [3.05, 3.63) is 60.0 Å². The number of rotatable bonds is 7. The fourth-order valence-electron chi connectivity index (χ4n) is 3.85. The van der Waals surface area contributed by atoms with Gasteiger partial charge in [0.25, 0.3) is 10.0 Å². The topological polar surface area (TPSA) is 118 Å². The molecule has 194 valence electrons. The van der Waals surface area contributed by atoms with E-state index in [2.05, 4.69) is 30.3 Å². The van der Waals surface area contributed by atoms with Gasteiger partial charge in [-0.2, -0.15) is 4.98 Å². The molecule has 4 aromatic rings. The zero-order valence-corrected chi connectivity index (χ0v) is 22.3. The van der Waals surface area contributed by atoms with Gasteiger partial charge in [0.15, 0.2) is 11.5 Å². The molecule has 0 spiro atoms. The van der Waals surface area contributed by atoms with E-state index in [0.717, 1.165) is 5.56 Å². The van der Waals surface area contributed by atoms with Crippen LogP contribution in [0, 0.1) is 5.82 Å². The predicted molar refractivity (Wildman–Crippen MR) is 144 cm³/mol. The molecule has 0 bridgehead atoms. The Morgan fingerprint density at radius 2 is 1.73 bits per heavy atom. The Kier molecular flexibility index (Phi) is 6.92. The maximum atomic E-state index is 15.8. The minimum Gasteiger partial charge on any atom is -0.495 e. The van der Waals surface area contributed by atoms with Crippen molar-refractivity contribution in [1.82, 2.24) is 15.0 Å². The number of hydrogen-bond donors (Lipinski definition) is 3. The van der Waals surface area contributed by atoms with Crippen LogP contribution in [0.4, 0.5) is 21.8 Å². The minimum absolute atomic E-state index is 0.0759. The molecular formula is C26H29FN6O3S. The molecule has 9 nitrogen and oxygen atoms in total. The van der Waals surface area contributed by atoms with Gasteiger partial charge in [0.2, 0.25) is 5.95 Å². The van der Waals surface area contributed by atoms with Crippen molar-refractivity contribution in [3.8, 4) is 16.9 Å². The number of nitrogens with zero attached hydrogens (tertiary/aromatic N) is 3.